The standard InChI is InChI=1S/C25H23F5/c1-2-15-3-5-16(6-4-15)17-7-10-20-18(13-17)8-11-21(24(20)27)19-9-12-22(23(26)14-19)25(28,29)30/h7-16H,2-6H2,1H3/t15-,16-. The summed E-state index contributed by atoms with van der Waals surface area (Å²) >= 11 is 0. The fourth-order valence-corrected chi connectivity index (χ4v) is 4.60. The van der Waals surface area contributed by atoms with Gasteiger partial charge in [-0.15, -0.1) is 0 Å². The molecule has 158 valence electrons. The van der Waals surface area contributed by atoms with Crippen LogP contribution in [0.3, 0.4) is 0 Å². The summed E-state index contributed by atoms with van der Waals surface area (Å²) < 4.78 is 67.5. The highest BCUT2D eigenvalue weighted by Gasteiger charge is 2.34. The molecular weight excluding hydrogens is 395 g/mol. The lowest BCUT2D eigenvalue weighted by Gasteiger charge is -2.28. The van der Waals surface area contributed by atoms with Crippen LogP contribution in [0, 0.1) is 17.6 Å². The number of halogens is 5. The minimum atomic E-state index is -4.78. The van der Waals surface area contributed by atoms with Crippen LogP contribution in [0.1, 0.15) is 56.1 Å². The molecule has 4 rings (SSSR count). The molecule has 1 saturated carbocycles. The van der Waals surface area contributed by atoms with Crippen molar-refractivity contribution in [3.63, 3.8) is 0 Å². The molecule has 0 amide bonds. The van der Waals surface area contributed by atoms with Crippen molar-refractivity contribution in [3.05, 3.63) is 71.3 Å². The van der Waals surface area contributed by atoms with Gasteiger partial charge in [0.2, 0.25) is 0 Å². The largest absolute Gasteiger partial charge is 0.419 e. The summed E-state index contributed by atoms with van der Waals surface area (Å²) in [6.07, 6.45) is 1.13. The van der Waals surface area contributed by atoms with Gasteiger partial charge < -0.3 is 0 Å². The predicted octanol–water partition coefficient (Wildman–Crippen LogP) is 8.49. The van der Waals surface area contributed by atoms with Crippen LogP contribution in [-0.4, -0.2) is 0 Å². The van der Waals surface area contributed by atoms with Gasteiger partial charge in [-0.25, -0.2) is 8.78 Å². The van der Waals surface area contributed by atoms with E-state index in [2.05, 4.69) is 6.92 Å². The molecule has 0 atom stereocenters. The summed E-state index contributed by atoms with van der Waals surface area (Å²) in [6.45, 7) is 2.23. The second kappa shape index (κ2) is 8.01. The molecule has 5 heteroatoms. The highest BCUT2D eigenvalue weighted by molar-refractivity contribution is 5.89. The van der Waals surface area contributed by atoms with E-state index in [1.807, 2.05) is 12.1 Å². The Labute approximate surface area is 172 Å². The van der Waals surface area contributed by atoms with E-state index in [1.165, 1.54) is 30.9 Å². The number of hydrogen-bond donors (Lipinski definition) is 0. The van der Waals surface area contributed by atoms with Crippen molar-refractivity contribution in [2.75, 3.05) is 0 Å². The number of fused-ring (bicyclic) bond motifs is 1. The highest BCUT2D eigenvalue weighted by atomic mass is 19.4. The number of benzene rings is 3. The lowest BCUT2D eigenvalue weighted by atomic mass is 9.77. The van der Waals surface area contributed by atoms with Crippen molar-refractivity contribution in [2.45, 2.75) is 51.1 Å². The van der Waals surface area contributed by atoms with Crippen molar-refractivity contribution in [2.24, 2.45) is 5.92 Å². The van der Waals surface area contributed by atoms with Crippen LogP contribution in [0.2, 0.25) is 0 Å². The van der Waals surface area contributed by atoms with Crippen molar-refractivity contribution >= 4 is 10.8 Å². The summed E-state index contributed by atoms with van der Waals surface area (Å²) in [5.41, 5.74) is 0.0212. The van der Waals surface area contributed by atoms with Crippen LogP contribution in [0.5, 0.6) is 0 Å². The molecule has 3 aromatic carbocycles. The maximum absolute atomic E-state index is 15.1. The summed E-state index contributed by atoms with van der Waals surface area (Å²) in [4.78, 5) is 0. The minimum Gasteiger partial charge on any atom is -0.206 e. The third kappa shape index (κ3) is 3.94. The Morgan fingerprint density at radius 1 is 0.867 bits per heavy atom. The van der Waals surface area contributed by atoms with Gasteiger partial charge in [0.05, 0.1) is 5.56 Å². The van der Waals surface area contributed by atoms with Crippen molar-refractivity contribution < 1.29 is 22.0 Å². The normalized spacial score (nSPS) is 19.9. The molecule has 0 heterocycles. The smallest absolute Gasteiger partial charge is 0.206 e. The monoisotopic (exact) mass is 418 g/mol. The van der Waals surface area contributed by atoms with Gasteiger partial charge >= 0.3 is 6.18 Å². The van der Waals surface area contributed by atoms with Crippen LogP contribution in [-0.2, 0) is 6.18 Å². The zero-order valence-electron chi connectivity index (χ0n) is 16.7. The first-order valence-electron chi connectivity index (χ1n) is 10.4. The fourth-order valence-electron chi connectivity index (χ4n) is 4.60. The number of hydrogen-bond acceptors (Lipinski definition) is 0. The first-order valence-corrected chi connectivity index (χ1v) is 10.4. The zero-order valence-corrected chi connectivity index (χ0v) is 16.7. The summed E-state index contributed by atoms with van der Waals surface area (Å²) in [5, 5.41) is 1.14. The lowest BCUT2D eigenvalue weighted by Crippen LogP contribution is -2.12. The van der Waals surface area contributed by atoms with Gasteiger partial charge in [-0.2, -0.15) is 13.2 Å². The Bertz CT molecular complexity index is 1060. The van der Waals surface area contributed by atoms with Gasteiger partial charge in [-0.05, 0) is 66.2 Å². The Kier molecular flexibility index (Phi) is 5.56. The molecule has 0 aliphatic heterocycles. The molecule has 0 nitrogen and oxygen atoms in total. The summed E-state index contributed by atoms with van der Waals surface area (Å²) in [6, 6.07) is 11.5. The van der Waals surface area contributed by atoms with Gasteiger partial charge in [-0.3, -0.25) is 0 Å². The van der Waals surface area contributed by atoms with Gasteiger partial charge in [-0.1, -0.05) is 49.7 Å². The first-order chi connectivity index (χ1) is 14.3. The third-order valence-electron chi connectivity index (χ3n) is 6.46. The van der Waals surface area contributed by atoms with E-state index in [1.54, 1.807) is 12.1 Å². The molecule has 0 saturated heterocycles. The molecule has 3 aromatic rings. The van der Waals surface area contributed by atoms with Gasteiger partial charge in [0.25, 0.3) is 0 Å². The van der Waals surface area contributed by atoms with Crippen LogP contribution in [0.4, 0.5) is 22.0 Å². The van der Waals surface area contributed by atoms with E-state index < -0.39 is 23.4 Å². The molecular formula is C25H23F5. The molecule has 1 aliphatic carbocycles. The Morgan fingerprint density at radius 3 is 2.23 bits per heavy atom. The maximum atomic E-state index is 15.1. The molecule has 1 aliphatic rings. The molecule has 0 aromatic heterocycles. The predicted molar refractivity (Wildman–Crippen MR) is 109 cm³/mol. The molecule has 0 radical (unpaired) electrons. The average Bonchev–Trinajstić information content (AvgIpc) is 2.73. The van der Waals surface area contributed by atoms with Crippen molar-refractivity contribution in [1.82, 2.24) is 0 Å². The van der Waals surface area contributed by atoms with Crippen molar-refractivity contribution in [3.8, 4) is 11.1 Å². The van der Waals surface area contributed by atoms with E-state index in [0.717, 1.165) is 36.3 Å². The molecule has 1 fully saturated rings. The summed E-state index contributed by atoms with van der Waals surface area (Å²) in [5.74, 6) is -0.680. The van der Waals surface area contributed by atoms with E-state index in [4.69, 9.17) is 0 Å². The van der Waals surface area contributed by atoms with Crippen LogP contribution in [0.15, 0.2) is 48.5 Å². The van der Waals surface area contributed by atoms with E-state index in [0.29, 0.717) is 17.4 Å². The van der Waals surface area contributed by atoms with Crippen LogP contribution >= 0.6 is 0 Å². The van der Waals surface area contributed by atoms with Gasteiger partial charge in [0, 0.05) is 10.9 Å². The first kappa shape index (κ1) is 20.8. The minimum absolute atomic E-state index is 0.0851. The van der Waals surface area contributed by atoms with E-state index in [-0.39, 0.29) is 11.1 Å². The second-order valence-electron chi connectivity index (χ2n) is 8.23. The highest BCUT2D eigenvalue weighted by Crippen LogP contribution is 2.39. The second-order valence-corrected chi connectivity index (χ2v) is 8.23. The topological polar surface area (TPSA) is 0 Å². The van der Waals surface area contributed by atoms with Crippen molar-refractivity contribution in [1.29, 1.82) is 0 Å². The van der Waals surface area contributed by atoms with Gasteiger partial charge in [0.1, 0.15) is 11.6 Å². The van der Waals surface area contributed by atoms with E-state index >= 15 is 4.39 Å². The zero-order chi connectivity index (χ0) is 21.5. The Morgan fingerprint density at radius 2 is 1.60 bits per heavy atom. The lowest BCUT2D eigenvalue weighted by molar-refractivity contribution is -0.139. The third-order valence-corrected chi connectivity index (χ3v) is 6.46. The molecule has 0 unspecified atom stereocenters. The summed E-state index contributed by atoms with van der Waals surface area (Å²) in [7, 11) is 0. The Balaban J connectivity index is 1.66. The SMILES string of the molecule is CC[C@H]1CC[C@H](c2ccc3c(F)c(-c4ccc(C(F)(F)F)c(F)c4)ccc3c2)CC1. The quantitative estimate of drug-likeness (QED) is 0.374. The average molecular weight is 418 g/mol. The number of rotatable bonds is 3. The molecule has 0 N–H and O–H groups in total. The molecule has 0 spiro atoms. The van der Waals surface area contributed by atoms with Crippen LogP contribution in [0.25, 0.3) is 21.9 Å². The Hall–Kier alpha value is -2.43. The molecule has 30 heavy (non-hydrogen) atoms. The fraction of sp³-hybridized carbons (Fsp3) is 0.360. The van der Waals surface area contributed by atoms with E-state index in [9.17, 15) is 17.6 Å². The molecule has 0 bridgehead atoms. The number of alkyl halides is 3. The maximum Gasteiger partial charge on any atom is 0.419 e. The van der Waals surface area contributed by atoms with Gasteiger partial charge in [0.15, 0.2) is 0 Å². The van der Waals surface area contributed by atoms with Crippen LogP contribution < -0.4 is 0 Å².